The fraction of sp³-hybridized carbons (Fsp3) is 0.333. The second-order valence-electron chi connectivity index (χ2n) is 5.46. The van der Waals surface area contributed by atoms with Gasteiger partial charge < -0.3 is 10.6 Å². The molecule has 0 aliphatic heterocycles. The molecule has 0 fully saturated rings. The zero-order valence-corrected chi connectivity index (χ0v) is 13.7. The number of hydrogen-bond acceptors (Lipinski definition) is 2. The summed E-state index contributed by atoms with van der Waals surface area (Å²) < 4.78 is 0. The average Bonchev–Trinajstić information content (AvgIpc) is 2.49. The van der Waals surface area contributed by atoms with E-state index in [1.165, 1.54) is 11.3 Å². The first-order chi connectivity index (χ1) is 10.0. The first-order valence-electron chi connectivity index (χ1n) is 7.37. The maximum absolute atomic E-state index is 6.42. The highest BCUT2D eigenvalue weighted by Gasteiger charge is 2.15. The molecule has 0 aromatic heterocycles. The van der Waals surface area contributed by atoms with Gasteiger partial charge in [-0.2, -0.15) is 0 Å². The van der Waals surface area contributed by atoms with Crippen LogP contribution in [-0.2, 0) is 6.42 Å². The van der Waals surface area contributed by atoms with Gasteiger partial charge in [-0.25, -0.2) is 0 Å². The molecule has 2 nitrogen and oxygen atoms in total. The van der Waals surface area contributed by atoms with Crippen molar-refractivity contribution in [1.82, 2.24) is 0 Å². The Balaban J connectivity index is 2.44. The molecular formula is C18H23ClN2. The normalized spacial score (nSPS) is 12.2. The zero-order valence-electron chi connectivity index (χ0n) is 12.9. The van der Waals surface area contributed by atoms with Gasteiger partial charge in [-0.1, -0.05) is 42.8 Å². The number of nitrogens with two attached hydrogens (primary N) is 1. The molecule has 3 heteroatoms. The van der Waals surface area contributed by atoms with Crippen LogP contribution in [0.2, 0.25) is 5.02 Å². The largest absolute Gasteiger partial charge is 0.344 e. The summed E-state index contributed by atoms with van der Waals surface area (Å²) in [6.45, 7) is 4.22. The number of nitrogens with zero attached hydrogens (tertiary/aromatic N) is 1. The number of rotatable bonds is 5. The molecule has 1 unspecified atom stereocenters. The molecule has 0 aliphatic carbocycles. The molecule has 1 atom stereocenters. The Morgan fingerprint density at radius 1 is 1.10 bits per heavy atom. The predicted octanol–water partition coefficient (Wildman–Crippen LogP) is 4.70. The molecule has 112 valence electrons. The van der Waals surface area contributed by atoms with E-state index < -0.39 is 0 Å². The summed E-state index contributed by atoms with van der Waals surface area (Å²) in [5.74, 6) is 0. The highest BCUT2D eigenvalue weighted by molar-refractivity contribution is 6.31. The lowest BCUT2D eigenvalue weighted by molar-refractivity contribution is 0.646. The minimum absolute atomic E-state index is 0.133. The molecular weight excluding hydrogens is 280 g/mol. The lowest BCUT2D eigenvalue weighted by atomic mass is 10.0. The van der Waals surface area contributed by atoms with Gasteiger partial charge in [-0.05, 0) is 49.1 Å². The molecule has 0 saturated carbocycles. The van der Waals surface area contributed by atoms with Crippen molar-refractivity contribution in [1.29, 1.82) is 0 Å². The maximum atomic E-state index is 6.42. The third-order valence-corrected chi connectivity index (χ3v) is 4.28. The molecule has 0 spiro atoms. The van der Waals surface area contributed by atoms with Crippen LogP contribution in [0.5, 0.6) is 0 Å². The van der Waals surface area contributed by atoms with Gasteiger partial charge in [0.2, 0.25) is 0 Å². The van der Waals surface area contributed by atoms with Crippen molar-refractivity contribution in [3.05, 3.63) is 58.6 Å². The zero-order chi connectivity index (χ0) is 15.4. The number of halogens is 1. The monoisotopic (exact) mass is 302 g/mol. The van der Waals surface area contributed by atoms with E-state index in [1.54, 1.807) is 0 Å². The van der Waals surface area contributed by atoms with Crippen LogP contribution < -0.4 is 10.6 Å². The average molecular weight is 303 g/mol. The van der Waals surface area contributed by atoms with Crippen LogP contribution in [0.3, 0.4) is 0 Å². The van der Waals surface area contributed by atoms with Crippen molar-refractivity contribution in [2.75, 3.05) is 11.9 Å². The fourth-order valence-electron chi connectivity index (χ4n) is 2.54. The van der Waals surface area contributed by atoms with Gasteiger partial charge in [-0.3, -0.25) is 0 Å². The Bertz CT molecular complexity index is 610. The van der Waals surface area contributed by atoms with E-state index in [1.807, 2.05) is 12.1 Å². The Morgan fingerprint density at radius 3 is 2.43 bits per heavy atom. The van der Waals surface area contributed by atoms with Crippen molar-refractivity contribution >= 4 is 23.0 Å². The van der Waals surface area contributed by atoms with Crippen molar-refractivity contribution in [2.45, 2.75) is 32.7 Å². The third kappa shape index (κ3) is 3.58. The van der Waals surface area contributed by atoms with Crippen LogP contribution in [0.4, 0.5) is 11.4 Å². The van der Waals surface area contributed by atoms with Gasteiger partial charge in [0.15, 0.2) is 0 Å². The number of hydrogen-bond donors (Lipinski definition) is 1. The van der Waals surface area contributed by atoms with Gasteiger partial charge >= 0.3 is 0 Å². The highest BCUT2D eigenvalue weighted by Crippen LogP contribution is 2.33. The van der Waals surface area contributed by atoms with Crippen LogP contribution in [0.15, 0.2) is 42.5 Å². The van der Waals surface area contributed by atoms with E-state index in [2.05, 4.69) is 56.1 Å². The quantitative estimate of drug-likeness (QED) is 0.867. The molecule has 0 saturated heterocycles. The summed E-state index contributed by atoms with van der Waals surface area (Å²) in [6.07, 6.45) is 1.74. The minimum Gasteiger partial charge on any atom is -0.344 e. The lowest BCUT2D eigenvalue weighted by Crippen LogP contribution is -2.23. The Labute approximate surface area is 132 Å². The van der Waals surface area contributed by atoms with Crippen molar-refractivity contribution in [2.24, 2.45) is 5.73 Å². The third-order valence-electron chi connectivity index (χ3n) is 3.92. The number of para-hydroxylation sites is 1. The topological polar surface area (TPSA) is 29.3 Å². The summed E-state index contributed by atoms with van der Waals surface area (Å²) in [5.41, 5.74) is 10.8. The summed E-state index contributed by atoms with van der Waals surface area (Å²) in [5, 5.41) is 0.789. The Hall–Kier alpha value is -1.51. The van der Waals surface area contributed by atoms with Gasteiger partial charge in [0.25, 0.3) is 0 Å². The smallest absolute Gasteiger partial charge is 0.0459 e. The summed E-state index contributed by atoms with van der Waals surface area (Å²) in [6, 6.07) is 14.5. The second kappa shape index (κ2) is 6.97. The minimum atomic E-state index is 0.133. The van der Waals surface area contributed by atoms with Crippen LogP contribution in [0.25, 0.3) is 0 Å². The van der Waals surface area contributed by atoms with E-state index in [9.17, 15) is 0 Å². The van der Waals surface area contributed by atoms with Gasteiger partial charge in [0.05, 0.1) is 0 Å². The molecule has 0 aliphatic rings. The van der Waals surface area contributed by atoms with Crippen molar-refractivity contribution < 1.29 is 0 Å². The van der Waals surface area contributed by atoms with E-state index in [0.29, 0.717) is 0 Å². The lowest BCUT2D eigenvalue weighted by Gasteiger charge is -2.26. The first-order valence-corrected chi connectivity index (χ1v) is 7.74. The van der Waals surface area contributed by atoms with Crippen molar-refractivity contribution in [3.8, 4) is 0 Å². The van der Waals surface area contributed by atoms with Crippen LogP contribution >= 0.6 is 11.6 Å². The Kier molecular flexibility index (Phi) is 5.27. The molecule has 2 aromatic carbocycles. The molecule has 2 aromatic rings. The molecule has 2 N–H and O–H groups in total. The summed E-state index contributed by atoms with van der Waals surface area (Å²) in [4.78, 5) is 2.19. The summed E-state index contributed by atoms with van der Waals surface area (Å²) >= 11 is 6.42. The van der Waals surface area contributed by atoms with E-state index >= 15 is 0 Å². The Morgan fingerprint density at radius 2 is 1.76 bits per heavy atom. The van der Waals surface area contributed by atoms with Crippen LogP contribution in [0.1, 0.15) is 24.5 Å². The summed E-state index contributed by atoms with van der Waals surface area (Å²) in [7, 11) is 2.08. The number of benzene rings is 2. The second-order valence-corrected chi connectivity index (χ2v) is 5.86. The first kappa shape index (κ1) is 15.9. The van der Waals surface area contributed by atoms with Crippen LogP contribution in [0, 0.1) is 6.92 Å². The van der Waals surface area contributed by atoms with Gasteiger partial charge in [-0.15, -0.1) is 0 Å². The number of aryl methyl sites for hydroxylation is 1. The van der Waals surface area contributed by atoms with Crippen molar-refractivity contribution in [3.63, 3.8) is 0 Å². The maximum Gasteiger partial charge on any atom is 0.0459 e. The number of anilines is 2. The van der Waals surface area contributed by atoms with Crippen LogP contribution in [-0.4, -0.2) is 13.1 Å². The standard InChI is InChI=1S/C18H23ClN2/c1-4-14(20)12-15-16(19)9-7-11-18(15)21(3)17-10-6-5-8-13(17)2/h5-11,14H,4,12,20H2,1-3H3. The molecule has 0 radical (unpaired) electrons. The SMILES string of the molecule is CCC(N)Cc1c(Cl)cccc1N(C)c1ccccc1C. The predicted molar refractivity (Wildman–Crippen MR) is 92.7 cm³/mol. The molecule has 0 amide bonds. The molecule has 0 bridgehead atoms. The van der Waals surface area contributed by atoms with E-state index in [4.69, 9.17) is 17.3 Å². The van der Waals surface area contributed by atoms with E-state index in [-0.39, 0.29) is 6.04 Å². The molecule has 2 rings (SSSR count). The van der Waals surface area contributed by atoms with E-state index in [0.717, 1.165) is 29.1 Å². The van der Waals surface area contributed by atoms with Gasteiger partial charge in [0, 0.05) is 29.5 Å². The van der Waals surface area contributed by atoms with Gasteiger partial charge in [0.1, 0.15) is 0 Å². The highest BCUT2D eigenvalue weighted by atomic mass is 35.5. The molecule has 21 heavy (non-hydrogen) atoms. The fourth-order valence-corrected chi connectivity index (χ4v) is 2.79. The molecule has 0 heterocycles.